The number of hydrogen-bond donors (Lipinski definition) is 0. The monoisotopic (exact) mass is 363 g/mol. The van der Waals surface area contributed by atoms with Gasteiger partial charge in [-0.25, -0.2) is 0 Å². The highest BCUT2D eigenvalue weighted by atomic mass is 16.7. The molecule has 1 aliphatic heterocycles. The third-order valence-corrected chi connectivity index (χ3v) is 5.93. The fraction of sp³-hybridized carbons (Fsp3) is 0.391. The van der Waals surface area contributed by atoms with E-state index in [1.54, 1.807) is 6.26 Å². The fourth-order valence-corrected chi connectivity index (χ4v) is 4.52. The lowest BCUT2D eigenvalue weighted by Gasteiger charge is -2.30. The summed E-state index contributed by atoms with van der Waals surface area (Å²) in [6, 6.07) is 12.9. The SMILES string of the molecule is CN(CCc1ccc2occc2c1)C[C@@H]1CCCc2c1ccc1c2OCO1. The summed E-state index contributed by atoms with van der Waals surface area (Å²) in [6.07, 6.45) is 6.39. The molecule has 27 heavy (non-hydrogen) atoms. The topological polar surface area (TPSA) is 34.8 Å². The molecule has 2 heterocycles. The van der Waals surface area contributed by atoms with Crippen LogP contribution in [0, 0.1) is 0 Å². The van der Waals surface area contributed by atoms with Gasteiger partial charge in [0, 0.05) is 24.0 Å². The van der Waals surface area contributed by atoms with E-state index in [2.05, 4.69) is 42.3 Å². The van der Waals surface area contributed by atoms with Crippen LogP contribution in [0.5, 0.6) is 11.5 Å². The molecule has 1 aromatic heterocycles. The number of benzene rings is 2. The molecule has 0 saturated carbocycles. The molecular weight excluding hydrogens is 338 g/mol. The number of hydrogen-bond acceptors (Lipinski definition) is 4. The number of furan rings is 1. The van der Waals surface area contributed by atoms with Crippen LogP contribution in [0.2, 0.25) is 0 Å². The van der Waals surface area contributed by atoms with Crippen LogP contribution in [0.15, 0.2) is 47.1 Å². The molecule has 0 fully saturated rings. The molecule has 0 N–H and O–H groups in total. The summed E-state index contributed by atoms with van der Waals surface area (Å²) in [7, 11) is 2.23. The van der Waals surface area contributed by atoms with E-state index in [0.717, 1.165) is 43.0 Å². The molecule has 4 nitrogen and oxygen atoms in total. The Balaban J connectivity index is 1.26. The van der Waals surface area contributed by atoms with Gasteiger partial charge in [-0.3, -0.25) is 0 Å². The van der Waals surface area contributed by atoms with Crippen molar-refractivity contribution in [1.82, 2.24) is 4.90 Å². The van der Waals surface area contributed by atoms with Crippen molar-refractivity contribution in [3.8, 4) is 11.5 Å². The highest BCUT2D eigenvalue weighted by molar-refractivity contribution is 5.77. The summed E-state index contributed by atoms with van der Waals surface area (Å²) in [4.78, 5) is 2.46. The second-order valence-corrected chi connectivity index (χ2v) is 7.76. The Morgan fingerprint density at radius 1 is 1.11 bits per heavy atom. The number of rotatable bonds is 5. The van der Waals surface area contributed by atoms with Gasteiger partial charge >= 0.3 is 0 Å². The molecule has 0 saturated heterocycles. The molecule has 2 aliphatic rings. The number of nitrogens with zero attached hydrogens (tertiary/aromatic N) is 1. The average molecular weight is 363 g/mol. The predicted molar refractivity (Wildman–Crippen MR) is 106 cm³/mol. The molecule has 2 aromatic carbocycles. The van der Waals surface area contributed by atoms with Gasteiger partial charge in [-0.1, -0.05) is 12.1 Å². The van der Waals surface area contributed by atoms with Gasteiger partial charge in [-0.15, -0.1) is 0 Å². The number of likely N-dealkylation sites (N-methyl/N-ethyl adjacent to an activating group) is 1. The molecule has 4 heteroatoms. The van der Waals surface area contributed by atoms with E-state index in [1.165, 1.54) is 34.9 Å². The minimum Gasteiger partial charge on any atom is -0.464 e. The van der Waals surface area contributed by atoms with Crippen LogP contribution < -0.4 is 9.47 Å². The molecule has 0 bridgehead atoms. The summed E-state index contributed by atoms with van der Waals surface area (Å²) in [5.74, 6) is 2.48. The predicted octanol–water partition coefficient (Wildman–Crippen LogP) is 4.76. The van der Waals surface area contributed by atoms with Gasteiger partial charge in [-0.05, 0) is 74.0 Å². The molecule has 3 aromatic rings. The van der Waals surface area contributed by atoms with Gasteiger partial charge in [0.05, 0.1) is 6.26 Å². The third kappa shape index (κ3) is 3.19. The van der Waals surface area contributed by atoms with Gasteiger partial charge in [0.1, 0.15) is 5.58 Å². The van der Waals surface area contributed by atoms with Gasteiger partial charge in [0.15, 0.2) is 11.5 Å². The van der Waals surface area contributed by atoms with Crippen molar-refractivity contribution >= 4 is 11.0 Å². The lowest BCUT2D eigenvalue weighted by Crippen LogP contribution is -2.28. The number of fused-ring (bicyclic) bond motifs is 4. The second-order valence-electron chi connectivity index (χ2n) is 7.76. The van der Waals surface area contributed by atoms with Gasteiger partial charge in [0.25, 0.3) is 0 Å². The van der Waals surface area contributed by atoms with E-state index in [4.69, 9.17) is 13.9 Å². The zero-order chi connectivity index (χ0) is 18.2. The van der Waals surface area contributed by atoms with Gasteiger partial charge < -0.3 is 18.8 Å². The van der Waals surface area contributed by atoms with E-state index in [1.807, 2.05) is 6.07 Å². The van der Waals surface area contributed by atoms with Crippen molar-refractivity contribution in [1.29, 1.82) is 0 Å². The summed E-state index contributed by atoms with van der Waals surface area (Å²) >= 11 is 0. The van der Waals surface area contributed by atoms with Crippen molar-refractivity contribution in [2.45, 2.75) is 31.6 Å². The largest absolute Gasteiger partial charge is 0.464 e. The Morgan fingerprint density at radius 3 is 3.04 bits per heavy atom. The molecule has 140 valence electrons. The lowest BCUT2D eigenvalue weighted by molar-refractivity contribution is 0.173. The standard InChI is InChI=1S/C23H25NO3/c1-24(11-9-16-5-7-21-17(13-16)10-12-25-21)14-18-3-2-4-20-19(18)6-8-22-23(20)27-15-26-22/h5-8,10,12-13,18H,2-4,9,11,14-15H2,1H3/t18-/m0/s1. The van der Waals surface area contributed by atoms with Gasteiger partial charge in [-0.2, -0.15) is 0 Å². The number of ether oxygens (including phenoxy) is 2. The van der Waals surface area contributed by atoms with Crippen molar-refractivity contribution < 1.29 is 13.9 Å². The average Bonchev–Trinajstić information content (AvgIpc) is 3.35. The third-order valence-electron chi connectivity index (χ3n) is 5.93. The minimum absolute atomic E-state index is 0.358. The fourth-order valence-electron chi connectivity index (χ4n) is 4.52. The molecule has 5 rings (SSSR count). The van der Waals surface area contributed by atoms with Crippen LogP contribution in [-0.2, 0) is 12.8 Å². The molecule has 0 unspecified atom stereocenters. The van der Waals surface area contributed by atoms with E-state index in [-0.39, 0.29) is 0 Å². The van der Waals surface area contributed by atoms with E-state index in [9.17, 15) is 0 Å². The zero-order valence-corrected chi connectivity index (χ0v) is 15.7. The van der Waals surface area contributed by atoms with Crippen molar-refractivity contribution in [2.24, 2.45) is 0 Å². The Hall–Kier alpha value is -2.46. The normalized spacial score (nSPS) is 18.2. The molecule has 1 aliphatic carbocycles. The lowest BCUT2D eigenvalue weighted by atomic mass is 9.82. The van der Waals surface area contributed by atoms with Crippen molar-refractivity contribution in [2.75, 3.05) is 26.9 Å². The molecule has 0 spiro atoms. The van der Waals surface area contributed by atoms with Crippen LogP contribution >= 0.6 is 0 Å². The first kappa shape index (κ1) is 16.7. The van der Waals surface area contributed by atoms with Crippen LogP contribution in [0.3, 0.4) is 0 Å². The quantitative estimate of drug-likeness (QED) is 0.655. The Morgan fingerprint density at radius 2 is 2.07 bits per heavy atom. The highest BCUT2D eigenvalue weighted by Gasteiger charge is 2.28. The molecule has 0 amide bonds. The van der Waals surface area contributed by atoms with Crippen molar-refractivity contribution in [3.63, 3.8) is 0 Å². The highest BCUT2D eigenvalue weighted by Crippen LogP contribution is 2.44. The van der Waals surface area contributed by atoms with Crippen LogP contribution in [0.4, 0.5) is 0 Å². The minimum atomic E-state index is 0.358. The van der Waals surface area contributed by atoms with E-state index in [0.29, 0.717) is 12.7 Å². The maximum Gasteiger partial charge on any atom is 0.231 e. The summed E-state index contributed by atoms with van der Waals surface area (Å²) in [5, 5.41) is 1.19. The molecule has 1 atom stereocenters. The van der Waals surface area contributed by atoms with Crippen LogP contribution in [0.1, 0.15) is 35.4 Å². The Kier molecular flexibility index (Phi) is 4.29. The maximum absolute atomic E-state index is 5.74. The van der Waals surface area contributed by atoms with E-state index < -0.39 is 0 Å². The first-order chi connectivity index (χ1) is 13.3. The van der Waals surface area contributed by atoms with Crippen LogP contribution in [-0.4, -0.2) is 31.8 Å². The van der Waals surface area contributed by atoms with Crippen LogP contribution in [0.25, 0.3) is 11.0 Å². The van der Waals surface area contributed by atoms with Gasteiger partial charge in [0.2, 0.25) is 6.79 Å². The summed E-state index contributed by atoms with van der Waals surface area (Å²) in [6.45, 7) is 2.50. The first-order valence-corrected chi connectivity index (χ1v) is 9.84. The Labute approximate surface area is 159 Å². The van der Waals surface area contributed by atoms with E-state index >= 15 is 0 Å². The molecule has 0 radical (unpaired) electrons. The zero-order valence-electron chi connectivity index (χ0n) is 15.7. The Bertz CT molecular complexity index is 961. The summed E-state index contributed by atoms with van der Waals surface area (Å²) in [5.41, 5.74) is 5.16. The van der Waals surface area contributed by atoms with Crippen molar-refractivity contribution in [3.05, 3.63) is 59.4 Å². The smallest absolute Gasteiger partial charge is 0.231 e. The second kappa shape index (κ2) is 6.93. The first-order valence-electron chi connectivity index (χ1n) is 9.84. The summed E-state index contributed by atoms with van der Waals surface area (Å²) < 4.78 is 16.7. The maximum atomic E-state index is 5.74. The molecular formula is C23H25NO3.